The van der Waals surface area contributed by atoms with Gasteiger partial charge in [-0.2, -0.15) is 0 Å². The number of carbonyl (C=O) groups excluding carboxylic acids is 2. The zero-order valence-electron chi connectivity index (χ0n) is 9.80. The maximum atomic E-state index is 11.4. The first-order valence-corrected chi connectivity index (χ1v) is 5.23. The second-order valence-corrected chi connectivity index (χ2v) is 3.91. The molecule has 16 heavy (non-hydrogen) atoms. The van der Waals surface area contributed by atoms with Crippen molar-refractivity contribution in [3.8, 4) is 0 Å². The quantitative estimate of drug-likeness (QED) is 0.505. The van der Waals surface area contributed by atoms with E-state index >= 15 is 0 Å². The van der Waals surface area contributed by atoms with Crippen LogP contribution in [0.5, 0.6) is 0 Å². The number of carbonyl (C=O) groups is 2. The smallest absolute Gasteiger partial charge is 0.498 e. The summed E-state index contributed by atoms with van der Waals surface area (Å²) in [5, 5.41) is 0. The normalized spacial score (nSPS) is 21.3. The zero-order valence-corrected chi connectivity index (χ0v) is 9.80. The van der Waals surface area contributed by atoms with Gasteiger partial charge in [0.15, 0.2) is 0 Å². The predicted molar refractivity (Wildman–Crippen MR) is 59.7 cm³/mol. The average molecular weight is 225 g/mol. The lowest BCUT2D eigenvalue weighted by Gasteiger charge is -2.24. The lowest BCUT2D eigenvalue weighted by atomic mass is 9.72. The largest absolute Gasteiger partial charge is 0.605 e. The molecule has 1 atom stereocenters. The van der Waals surface area contributed by atoms with Crippen molar-refractivity contribution in [1.82, 2.24) is 4.90 Å². The van der Waals surface area contributed by atoms with E-state index in [1.54, 1.807) is 11.9 Å². The molecule has 5 nitrogen and oxygen atoms in total. The third-order valence-electron chi connectivity index (χ3n) is 2.22. The Kier molecular flexibility index (Phi) is 4.55. The first-order valence-electron chi connectivity index (χ1n) is 5.23. The van der Waals surface area contributed by atoms with Crippen LogP contribution in [0.4, 0.5) is 0 Å². The Balaban J connectivity index is 2.70. The molecular weight excluding hydrogens is 209 g/mol. The molecule has 0 spiro atoms. The summed E-state index contributed by atoms with van der Waals surface area (Å²) in [6.45, 7) is 3.90. The van der Waals surface area contributed by atoms with E-state index in [-0.39, 0.29) is 30.8 Å². The third kappa shape index (κ3) is 3.69. The van der Waals surface area contributed by atoms with Crippen LogP contribution in [0, 0.1) is 0 Å². The highest BCUT2D eigenvalue weighted by Gasteiger charge is 2.35. The molecule has 0 amide bonds. The van der Waals surface area contributed by atoms with Gasteiger partial charge in [0.25, 0.3) is 0 Å². The van der Waals surface area contributed by atoms with Gasteiger partial charge in [0.2, 0.25) is 0 Å². The molecule has 6 heteroatoms. The predicted octanol–water partition coefficient (Wildman–Crippen LogP) is 0.473. The van der Waals surface area contributed by atoms with Gasteiger partial charge in [-0.05, 0) is 14.0 Å². The Hall–Kier alpha value is -1.30. The van der Waals surface area contributed by atoms with Crippen LogP contribution < -0.4 is 0 Å². The van der Waals surface area contributed by atoms with Crippen LogP contribution in [0.15, 0.2) is 12.2 Å². The molecule has 88 valence electrons. The van der Waals surface area contributed by atoms with Crippen molar-refractivity contribution < 1.29 is 18.9 Å². The summed E-state index contributed by atoms with van der Waals surface area (Å²) >= 11 is 0. The van der Waals surface area contributed by atoms with E-state index in [0.29, 0.717) is 0 Å². The van der Waals surface area contributed by atoms with Crippen molar-refractivity contribution in [2.75, 3.05) is 20.1 Å². The SMILES string of the molecule is C/C=C/C(C)B1OC(=O)CN(C)CC(=O)O1. The van der Waals surface area contributed by atoms with E-state index in [9.17, 15) is 9.59 Å². The minimum atomic E-state index is -0.815. The fourth-order valence-electron chi connectivity index (χ4n) is 1.46. The Labute approximate surface area is 95.5 Å². The van der Waals surface area contributed by atoms with Gasteiger partial charge in [-0.25, -0.2) is 0 Å². The zero-order chi connectivity index (χ0) is 12.1. The van der Waals surface area contributed by atoms with E-state index in [4.69, 9.17) is 9.31 Å². The van der Waals surface area contributed by atoms with Crippen LogP contribution in [0.2, 0.25) is 5.82 Å². The molecule has 1 heterocycles. The maximum absolute atomic E-state index is 11.4. The second-order valence-electron chi connectivity index (χ2n) is 3.91. The summed E-state index contributed by atoms with van der Waals surface area (Å²) in [6.07, 6.45) is 3.66. The van der Waals surface area contributed by atoms with Crippen molar-refractivity contribution in [2.45, 2.75) is 19.7 Å². The Morgan fingerprint density at radius 1 is 1.31 bits per heavy atom. The standard InChI is InChI=1S/C10H16BNO4/c1-4-5-8(2)11-15-9(13)6-12(3)7-10(14)16-11/h4-5,8H,6-7H2,1-3H3/b5-4+. The second kappa shape index (κ2) is 5.70. The van der Waals surface area contributed by atoms with Crippen molar-refractivity contribution in [3.63, 3.8) is 0 Å². The number of allylic oxidation sites excluding steroid dienone is 2. The Bertz CT molecular complexity index is 285. The minimum absolute atomic E-state index is 0.105. The summed E-state index contributed by atoms with van der Waals surface area (Å²) in [6, 6.07) is 0. The average Bonchev–Trinajstić information content (AvgIpc) is 2.14. The van der Waals surface area contributed by atoms with Gasteiger partial charge in [-0.3, -0.25) is 14.5 Å². The van der Waals surface area contributed by atoms with Gasteiger partial charge in [-0.15, -0.1) is 0 Å². The number of hydrogen-bond donors (Lipinski definition) is 0. The van der Waals surface area contributed by atoms with Gasteiger partial charge in [0, 0.05) is 5.82 Å². The molecule has 1 aliphatic heterocycles. The molecule has 1 unspecified atom stereocenters. The number of likely N-dealkylation sites (N-methyl/N-ethyl adjacent to an activating group) is 1. The van der Waals surface area contributed by atoms with Gasteiger partial charge in [-0.1, -0.05) is 19.1 Å². The van der Waals surface area contributed by atoms with Gasteiger partial charge in [0.1, 0.15) is 0 Å². The molecule has 0 aromatic heterocycles. The van der Waals surface area contributed by atoms with Gasteiger partial charge < -0.3 is 9.31 Å². The summed E-state index contributed by atoms with van der Waals surface area (Å²) in [7, 11) is 0.850. The number of rotatable bonds is 2. The van der Waals surface area contributed by atoms with E-state index in [2.05, 4.69) is 0 Å². The molecule has 1 saturated heterocycles. The number of nitrogens with zero attached hydrogens (tertiary/aromatic N) is 1. The molecule has 0 aliphatic carbocycles. The van der Waals surface area contributed by atoms with Gasteiger partial charge in [0.05, 0.1) is 13.1 Å². The molecule has 0 bridgehead atoms. The highest BCUT2D eigenvalue weighted by Crippen LogP contribution is 2.15. The summed E-state index contributed by atoms with van der Waals surface area (Å²) in [4.78, 5) is 24.3. The highest BCUT2D eigenvalue weighted by molar-refractivity contribution is 6.51. The maximum Gasteiger partial charge on any atom is 0.605 e. The first-order chi connectivity index (χ1) is 7.52. The van der Waals surface area contributed by atoms with Crippen molar-refractivity contribution in [1.29, 1.82) is 0 Å². The minimum Gasteiger partial charge on any atom is -0.498 e. The van der Waals surface area contributed by atoms with E-state index in [1.807, 2.05) is 26.0 Å². The van der Waals surface area contributed by atoms with E-state index < -0.39 is 7.12 Å². The molecule has 1 rings (SSSR count). The molecule has 0 aromatic rings. The molecule has 0 radical (unpaired) electrons. The molecular formula is C10H16BNO4. The Morgan fingerprint density at radius 3 is 2.25 bits per heavy atom. The topological polar surface area (TPSA) is 55.8 Å². The van der Waals surface area contributed by atoms with Gasteiger partial charge >= 0.3 is 19.1 Å². The van der Waals surface area contributed by atoms with E-state index in [0.717, 1.165) is 0 Å². The fourth-order valence-corrected chi connectivity index (χ4v) is 1.46. The first kappa shape index (κ1) is 12.8. The lowest BCUT2D eigenvalue weighted by molar-refractivity contribution is -0.145. The molecule has 1 fully saturated rings. The van der Waals surface area contributed by atoms with E-state index in [1.165, 1.54) is 0 Å². The van der Waals surface area contributed by atoms with Crippen molar-refractivity contribution in [2.24, 2.45) is 0 Å². The summed E-state index contributed by atoms with van der Waals surface area (Å²) in [5.41, 5.74) is 0. The van der Waals surface area contributed by atoms with Crippen LogP contribution in [-0.2, 0) is 18.9 Å². The van der Waals surface area contributed by atoms with Crippen LogP contribution >= 0.6 is 0 Å². The molecule has 1 aliphatic rings. The summed E-state index contributed by atoms with van der Waals surface area (Å²) < 4.78 is 10.1. The van der Waals surface area contributed by atoms with Crippen molar-refractivity contribution in [3.05, 3.63) is 12.2 Å². The molecule has 0 N–H and O–H groups in total. The monoisotopic (exact) mass is 225 g/mol. The lowest BCUT2D eigenvalue weighted by Crippen LogP contribution is -2.43. The summed E-state index contributed by atoms with van der Waals surface area (Å²) in [5.74, 6) is -0.894. The van der Waals surface area contributed by atoms with Crippen LogP contribution in [0.3, 0.4) is 0 Å². The number of hydrogen-bond acceptors (Lipinski definition) is 5. The van der Waals surface area contributed by atoms with Crippen LogP contribution in [0.1, 0.15) is 13.8 Å². The highest BCUT2D eigenvalue weighted by atomic mass is 16.6. The molecule has 0 saturated carbocycles. The third-order valence-corrected chi connectivity index (χ3v) is 2.22. The molecule has 0 aromatic carbocycles. The fraction of sp³-hybridized carbons (Fsp3) is 0.600. The van der Waals surface area contributed by atoms with Crippen molar-refractivity contribution >= 4 is 19.1 Å². The van der Waals surface area contributed by atoms with Crippen LogP contribution in [-0.4, -0.2) is 44.1 Å². The Morgan fingerprint density at radius 2 is 1.81 bits per heavy atom. The van der Waals surface area contributed by atoms with Crippen LogP contribution in [0.25, 0.3) is 0 Å².